The van der Waals surface area contributed by atoms with Gasteiger partial charge in [0.05, 0.1) is 6.04 Å². The Morgan fingerprint density at radius 3 is 2.64 bits per heavy atom. The molecule has 6 nitrogen and oxygen atoms in total. The monoisotopic (exact) mass is 377 g/mol. The van der Waals surface area contributed by atoms with E-state index in [1.54, 1.807) is 0 Å². The first kappa shape index (κ1) is 18.2. The third kappa shape index (κ3) is 3.76. The number of imide groups is 1. The summed E-state index contributed by atoms with van der Waals surface area (Å²) in [5.41, 5.74) is 3.34. The average molecular weight is 377 g/mol. The van der Waals surface area contributed by atoms with Gasteiger partial charge in [0, 0.05) is 6.42 Å². The highest BCUT2D eigenvalue weighted by atomic mass is 16.2. The van der Waals surface area contributed by atoms with Crippen LogP contribution in [0.25, 0.3) is 0 Å². The maximum absolute atomic E-state index is 12.6. The number of fused-ring (bicyclic) bond motifs is 1. The van der Waals surface area contributed by atoms with E-state index in [-0.39, 0.29) is 24.4 Å². The van der Waals surface area contributed by atoms with Crippen LogP contribution in [0.4, 0.5) is 4.79 Å². The lowest BCUT2D eigenvalue weighted by molar-refractivity contribution is -0.132. The first-order valence-electron chi connectivity index (χ1n) is 9.65. The first-order chi connectivity index (χ1) is 13.6. The van der Waals surface area contributed by atoms with Crippen LogP contribution in [-0.4, -0.2) is 35.3 Å². The predicted molar refractivity (Wildman–Crippen MR) is 104 cm³/mol. The third-order valence-electron chi connectivity index (χ3n) is 5.40. The Balaban J connectivity index is 1.38. The molecule has 0 spiro atoms. The standard InChI is InChI=1S/C22H23N3O3/c26-20(23-18-12-6-10-16-9-4-5-11-17(16)18)14-25-21(27)19(24-22(25)28)13-15-7-2-1-3-8-15/h1-5,7-9,11,18-19H,6,10,12-14H2,(H,23,26)(H,24,28). The molecule has 1 aliphatic heterocycles. The van der Waals surface area contributed by atoms with Gasteiger partial charge in [-0.05, 0) is 36.0 Å². The zero-order valence-corrected chi connectivity index (χ0v) is 15.6. The highest BCUT2D eigenvalue weighted by Gasteiger charge is 2.39. The summed E-state index contributed by atoms with van der Waals surface area (Å²) in [5, 5.41) is 5.68. The summed E-state index contributed by atoms with van der Waals surface area (Å²) in [6.45, 7) is -0.255. The molecule has 0 bridgehead atoms. The van der Waals surface area contributed by atoms with E-state index in [1.165, 1.54) is 5.56 Å². The van der Waals surface area contributed by atoms with E-state index in [0.29, 0.717) is 6.42 Å². The number of hydrogen-bond donors (Lipinski definition) is 2. The number of aryl methyl sites for hydroxylation is 1. The van der Waals surface area contributed by atoms with Gasteiger partial charge in [-0.25, -0.2) is 4.79 Å². The maximum atomic E-state index is 12.6. The van der Waals surface area contributed by atoms with Crippen LogP contribution in [0.15, 0.2) is 54.6 Å². The molecule has 1 fully saturated rings. The molecule has 2 aromatic carbocycles. The number of carbonyl (C=O) groups is 3. The number of benzene rings is 2. The summed E-state index contributed by atoms with van der Waals surface area (Å²) < 4.78 is 0. The van der Waals surface area contributed by atoms with E-state index in [0.717, 1.165) is 35.3 Å². The van der Waals surface area contributed by atoms with Gasteiger partial charge in [-0.15, -0.1) is 0 Å². The topological polar surface area (TPSA) is 78.5 Å². The molecule has 0 radical (unpaired) electrons. The van der Waals surface area contributed by atoms with Crippen molar-refractivity contribution in [1.29, 1.82) is 0 Å². The maximum Gasteiger partial charge on any atom is 0.325 e. The Morgan fingerprint density at radius 1 is 1.07 bits per heavy atom. The molecule has 1 saturated heterocycles. The first-order valence-corrected chi connectivity index (χ1v) is 9.65. The highest BCUT2D eigenvalue weighted by molar-refractivity contribution is 6.06. The molecule has 1 heterocycles. The molecule has 4 rings (SSSR count). The minimum absolute atomic E-state index is 0.0710. The fourth-order valence-electron chi connectivity index (χ4n) is 4.00. The van der Waals surface area contributed by atoms with Crippen molar-refractivity contribution in [3.63, 3.8) is 0 Å². The lowest BCUT2D eigenvalue weighted by Gasteiger charge is -2.27. The molecule has 2 N–H and O–H groups in total. The number of urea groups is 1. The van der Waals surface area contributed by atoms with E-state index in [1.807, 2.05) is 48.5 Å². The Morgan fingerprint density at radius 2 is 1.82 bits per heavy atom. The Kier molecular flexibility index (Phi) is 5.10. The fraction of sp³-hybridized carbons (Fsp3) is 0.318. The number of carbonyl (C=O) groups excluding carboxylic acids is 3. The zero-order chi connectivity index (χ0) is 19.5. The van der Waals surface area contributed by atoms with Crippen LogP contribution < -0.4 is 10.6 Å². The van der Waals surface area contributed by atoms with E-state index in [2.05, 4.69) is 16.7 Å². The second-order valence-corrected chi connectivity index (χ2v) is 7.33. The summed E-state index contributed by atoms with van der Waals surface area (Å²) in [6.07, 6.45) is 3.29. The lowest BCUT2D eigenvalue weighted by Crippen LogP contribution is -2.42. The van der Waals surface area contributed by atoms with Crippen LogP contribution in [0.5, 0.6) is 0 Å². The van der Waals surface area contributed by atoms with Gasteiger partial charge < -0.3 is 10.6 Å². The molecule has 6 heteroatoms. The molecule has 0 saturated carbocycles. The van der Waals surface area contributed by atoms with Crippen LogP contribution in [0.3, 0.4) is 0 Å². The van der Waals surface area contributed by atoms with Crippen LogP contribution in [0, 0.1) is 0 Å². The Hall–Kier alpha value is -3.15. The quantitative estimate of drug-likeness (QED) is 0.785. The lowest BCUT2D eigenvalue weighted by atomic mass is 9.88. The van der Waals surface area contributed by atoms with E-state index < -0.39 is 12.1 Å². The molecule has 2 aromatic rings. The molecule has 1 aliphatic carbocycles. The summed E-state index contributed by atoms with van der Waals surface area (Å²) >= 11 is 0. The average Bonchev–Trinajstić information content (AvgIpc) is 2.96. The van der Waals surface area contributed by atoms with Gasteiger partial charge in [-0.3, -0.25) is 14.5 Å². The van der Waals surface area contributed by atoms with E-state index >= 15 is 0 Å². The largest absolute Gasteiger partial charge is 0.348 e. The summed E-state index contributed by atoms with van der Waals surface area (Å²) in [7, 11) is 0. The second-order valence-electron chi connectivity index (χ2n) is 7.33. The van der Waals surface area contributed by atoms with Gasteiger partial charge in [0.25, 0.3) is 5.91 Å². The van der Waals surface area contributed by atoms with Gasteiger partial charge in [-0.2, -0.15) is 0 Å². The van der Waals surface area contributed by atoms with Gasteiger partial charge in [0.2, 0.25) is 5.91 Å². The van der Waals surface area contributed by atoms with Gasteiger partial charge in [0.1, 0.15) is 12.6 Å². The summed E-state index contributed by atoms with van der Waals surface area (Å²) in [4.78, 5) is 38.4. The van der Waals surface area contributed by atoms with Gasteiger partial charge in [0.15, 0.2) is 0 Å². The molecule has 2 atom stereocenters. The minimum atomic E-state index is -0.627. The number of nitrogens with one attached hydrogen (secondary N) is 2. The molecule has 2 unspecified atom stereocenters. The number of rotatable bonds is 5. The van der Waals surface area contributed by atoms with Crippen LogP contribution in [0.2, 0.25) is 0 Å². The molecule has 144 valence electrons. The van der Waals surface area contributed by atoms with Crippen molar-refractivity contribution < 1.29 is 14.4 Å². The number of amides is 4. The van der Waals surface area contributed by atoms with E-state index in [9.17, 15) is 14.4 Å². The molecule has 0 aromatic heterocycles. The van der Waals surface area contributed by atoms with Crippen molar-refractivity contribution >= 4 is 17.8 Å². The normalized spacial score (nSPS) is 21.2. The predicted octanol–water partition coefficient (Wildman–Crippen LogP) is 2.34. The van der Waals surface area contributed by atoms with Crippen molar-refractivity contribution in [3.05, 3.63) is 71.3 Å². The van der Waals surface area contributed by atoms with E-state index in [4.69, 9.17) is 0 Å². The molecule has 28 heavy (non-hydrogen) atoms. The van der Waals surface area contributed by atoms with Crippen molar-refractivity contribution in [2.75, 3.05) is 6.54 Å². The zero-order valence-electron chi connectivity index (χ0n) is 15.6. The number of hydrogen-bond acceptors (Lipinski definition) is 3. The third-order valence-corrected chi connectivity index (χ3v) is 5.40. The molecular formula is C22H23N3O3. The summed E-state index contributed by atoms with van der Waals surface area (Å²) in [5.74, 6) is -0.668. The van der Waals surface area contributed by atoms with Crippen LogP contribution in [-0.2, 0) is 22.4 Å². The van der Waals surface area contributed by atoms with Gasteiger partial charge >= 0.3 is 6.03 Å². The minimum Gasteiger partial charge on any atom is -0.348 e. The number of nitrogens with zero attached hydrogens (tertiary/aromatic N) is 1. The van der Waals surface area contributed by atoms with Crippen molar-refractivity contribution in [2.24, 2.45) is 0 Å². The molecule has 2 aliphatic rings. The Bertz CT molecular complexity index is 897. The van der Waals surface area contributed by atoms with Crippen molar-refractivity contribution in [1.82, 2.24) is 15.5 Å². The van der Waals surface area contributed by atoms with Gasteiger partial charge in [-0.1, -0.05) is 54.6 Å². The summed E-state index contributed by atoms with van der Waals surface area (Å²) in [6, 6.07) is 16.4. The highest BCUT2D eigenvalue weighted by Crippen LogP contribution is 2.29. The van der Waals surface area contributed by atoms with Crippen molar-refractivity contribution in [2.45, 2.75) is 37.8 Å². The van der Waals surface area contributed by atoms with Crippen molar-refractivity contribution in [3.8, 4) is 0 Å². The van der Waals surface area contributed by atoms with Crippen LogP contribution >= 0.6 is 0 Å². The molecule has 4 amide bonds. The molecular weight excluding hydrogens is 354 g/mol. The second kappa shape index (κ2) is 7.84. The fourth-order valence-corrected chi connectivity index (χ4v) is 4.00. The SMILES string of the molecule is O=C(CN1C(=O)NC(Cc2ccccc2)C1=O)NC1CCCc2ccccc21. The van der Waals surface area contributed by atoms with Crippen LogP contribution in [0.1, 0.15) is 35.6 Å². The smallest absolute Gasteiger partial charge is 0.325 e. The Labute approximate surface area is 163 Å².